The van der Waals surface area contributed by atoms with Gasteiger partial charge in [0.15, 0.2) is 0 Å². The van der Waals surface area contributed by atoms with Crippen LogP contribution in [0.2, 0.25) is 0 Å². The molecule has 0 aliphatic heterocycles. The lowest BCUT2D eigenvalue weighted by Crippen LogP contribution is -2.02. The van der Waals surface area contributed by atoms with E-state index in [4.69, 9.17) is 15.5 Å². The standard InChI is InChI=1S/C27H19BrN2O2S/c1-32-20-13-9-16(10-14-20)21-15-22(17-5-3-2-4-6-17)30-27-23(21)24(29)26(33-27)25(31)18-7-11-19(28)12-8-18/h2-15H,29H2,1H3. The molecule has 0 unspecified atom stereocenters. The number of methoxy groups -OCH3 is 1. The highest BCUT2D eigenvalue weighted by molar-refractivity contribution is 9.10. The third kappa shape index (κ3) is 4.03. The number of nitrogens with zero attached hydrogens (tertiary/aromatic N) is 1. The van der Waals surface area contributed by atoms with Crippen molar-refractivity contribution >= 4 is 49.0 Å². The Morgan fingerprint density at radius 1 is 0.939 bits per heavy atom. The molecule has 2 N–H and O–H groups in total. The van der Waals surface area contributed by atoms with Crippen molar-refractivity contribution in [2.75, 3.05) is 12.8 Å². The Hall–Kier alpha value is -3.48. The largest absolute Gasteiger partial charge is 0.497 e. The molecular weight excluding hydrogens is 496 g/mol. The summed E-state index contributed by atoms with van der Waals surface area (Å²) in [6, 6.07) is 27.2. The molecule has 6 heteroatoms. The molecule has 0 bridgehead atoms. The molecule has 0 atom stereocenters. The Morgan fingerprint density at radius 2 is 1.64 bits per heavy atom. The number of nitrogen functional groups attached to an aromatic ring is 1. The van der Waals surface area contributed by atoms with E-state index in [-0.39, 0.29) is 5.78 Å². The lowest BCUT2D eigenvalue weighted by Gasteiger charge is -2.10. The maximum atomic E-state index is 13.3. The number of carbonyl (C=O) groups excluding carboxylic acids is 1. The van der Waals surface area contributed by atoms with Crippen molar-refractivity contribution in [1.29, 1.82) is 0 Å². The van der Waals surface area contributed by atoms with Gasteiger partial charge in [0, 0.05) is 21.0 Å². The minimum absolute atomic E-state index is 0.107. The number of nitrogens with two attached hydrogens (primary N) is 1. The van der Waals surface area contributed by atoms with Gasteiger partial charge in [-0.05, 0) is 53.6 Å². The zero-order valence-corrected chi connectivity index (χ0v) is 20.1. The number of halogens is 1. The van der Waals surface area contributed by atoms with Crippen molar-refractivity contribution < 1.29 is 9.53 Å². The predicted octanol–water partition coefficient (Wildman–Crippen LogP) is 7.21. The lowest BCUT2D eigenvalue weighted by molar-refractivity contribution is 0.104. The molecule has 2 heterocycles. The molecule has 0 amide bonds. The fraction of sp³-hybridized carbons (Fsp3) is 0.0370. The number of aromatic nitrogens is 1. The molecule has 0 spiro atoms. The molecule has 0 fully saturated rings. The van der Waals surface area contributed by atoms with Gasteiger partial charge in [-0.25, -0.2) is 4.98 Å². The molecule has 0 aliphatic rings. The average molecular weight is 515 g/mol. The van der Waals surface area contributed by atoms with Gasteiger partial charge in [0.1, 0.15) is 15.5 Å². The number of anilines is 1. The van der Waals surface area contributed by atoms with E-state index in [1.54, 1.807) is 19.2 Å². The van der Waals surface area contributed by atoms with E-state index in [2.05, 4.69) is 15.9 Å². The molecule has 0 saturated heterocycles. The zero-order valence-electron chi connectivity index (χ0n) is 17.7. The van der Waals surface area contributed by atoms with Gasteiger partial charge in [0.25, 0.3) is 0 Å². The SMILES string of the molecule is COc1ccc(-c2cc(-c3ccccc3)nc3sc(C(=O)c4ccc(Br)cc4)c(N)c23)cc1. The van der Waals surface area contributed by atoms with E-state index in [0.29, 0.717) is 16.1 Å². The van der Waals surface area contributed by atoms with Crippen molar-refractivity contribution in [1.82, 2.24) is 4.98 Å². The number of thiophene rings is 1. The first-order valence-corrected chi connectivity index (χ1v) is 11.9. The number of hydrogen-bond acceptors (Lipinski definition) is 5. The van der Waals surface area contributed by atoms with Crippen LogP contribution >= 0.6 is 27.3 Å². The van der Waals surface area contributed by atoms with Crippen molar-refractivity contribution in [3.63, 3.8) is 0 Å². The molecule has 162 valence electrons. The van der Waals surface area contributed by atoms with Crippen molar-refractivity contribution in [3.8, 4) is 28.1 Å². The first-order valence-electron chi connectivity index (χ1n) is 10.3. The topological polar surface area (TPSA) is 65.2 Å². The summed E-state index contributed by atoms with van der Waals surface area (Å²) in [7, 11) is 1.64. The van der Waals surface area contributed by atoms with Crippen LogP contribution in [0.5, 0.6) is 5.75 Å². The van der Waals surface area contributed by atoms with Crippen molar-refractivity contribution in [2.45, 2.75) is 0 Å². The van der Waals surface area contributed by atoms with E-state index >= 15 is 0 Å². The molecule has 33 heavy (non-hydrogen) atoms. The van der Waals surface area contributed by atoms with Crippen molar-refractivity contribution in [2.24, 2.45) is 0 Å². The van der Waals surface area contributed by atoms with E-state index in [1.165, 1.54) is 11.3 Å². The second kappa shape index (κ2) is 8.81. The number of fused-ring (bicyclic) bond motifs is 1. The Morgan fingerprint density at radius 3 is 2.30 bits per heavy atom. The van der Waals surface area contributed by atoms with Crippen LogP contribution in [0.4, 0.5) is 5.69 Å². The second-order valence-electron chi connectivity index (χ2n) is 7.51. The van der Waals surface area contributed by atoms with E-state index in [1.807, 2.05) is 72.8 Å². The maximum absolute atomic E-state index is 13.3. The summed E-state index contributed by atoms with van der Waals surface area (Å²) < 4.78 is 6.24. The fourth-order valence-electron chi connectivity index (χ4n) is 3.78. The van der Waals surface area contributed by atoms with Gasteiger partial charge in [0.05, 0.1) is 18.5 Å². The highest BCUT2D eigenvalue weighted by Gasteiger charge is 2.22. The molecule has 0 radical (unpaired) electrons. The van der Waals surface area contributed by atoms with Gasteiger partial charge in [-0.15, -0.1) is 11.3 Å². The quantitative estimate of drug-likeness (QED) is 0.251. The maximum Gasteiger partial charge on any atom is 0.205 e. The number of carbonyl (C=O) groups is 1. The molecule has 5 aromatic rings. The smallest absolute Gasteiger partial charge is 0.205 e. The molecular formula is C27H19BrN2O2S. The monoisotopic (exact) mass is 514 g/mol. The van der Waals surface area contributed by atoms with Gasteiger partial charge < -0.3 is 10.5 Å². The molecule has 2 aromatic heterocycles. The second-order valence-corrected chi connectivity index (χ2v) is 9.43. The van der Waals surface area contributed by atoms with Crippen LogP contribution < -0.4 is 10.5 Å². The fourth-order valence-corrected chi connectivity index (χ4v) is 5.12. The van der Waals surface area contributed by atoms with Crippen LogP contribution in [-0.4, -0.2) is 17.9 Å². The van der Waals surface area contributed by atoms with Crippen LogP contribution in [0.1, 0.15) is 15.2 Å². The summed E-state index contributed by atoms with van der Waals surface area (Å²) in [4.78, 5) is 19.4. The summed E-state index contributed by atoms with van der Waals surface area (Å²) >= 11 is 4.75. The summed E-state index contributed by atoms with van der Waals surface area (Å²) in [6.45, 7) is 0. The van der Waals surface area contributed by atoms with Crippen LogP contribution in [0.3, 0.4) is 0 Å². The molecule has 0 saturated carbocycles. The average Bonchev–Trinajstić information content (AvgIpc) is 3.20. The van der Waals surface area contributed by atoms with Gasteiger partial charge >= 0.3 is 0 Å². The highest BCUT2D eigenvalue weighted by atomic mass is 79.9. The summed E-state index contributed by atoms with van der Waals surface area (Å²) in [5.74, 6) is 0.668. The number of ether oxygens (including phenoxy) is 1. The molecule has 3 aromatic carbocycles. The number of hydrogen-bond donors (Lipinski definition) is 1. The van der Waals surface area contributed by atoms with Gasteiger partial charge in [0.2, 0.25) is 5.78 Å². The number of rotatable bonds is 5. The third-order valence-corrected chi connectivity index (χ3v) is 7.11. The minimum atomic E-state index is -0.107. The van der Waals surface area contributed by atoms with Crippen LogP contribution in [0.15, 0.2) is 89.4 Å². The highest BCUT2D eigenvalue weighted by Crippen LogP contribution is 2.42. The van der Waals surface area contributed by atoms with Crippen LogP contribution in [0, 0.1) is 0 Å². The Bertz CT molecular complexity index is 1460. The zero-order chi connectivity index (χ0) is 22.9. The normalized spacial score (nSPS) is 11.0. The van der Waals surface area contributed by atoms with E-state index < -0.39 is 0 Å². The summed E-state index contributed by atoms with van der Waals surface area (Å²) in [5, 5.41) is 0.797. The van der Waals surface area contributed by atoms with Crippen LogP contribution in [-0.2, 0) is 0 Å². The molecule has 4 nitrogen and oxygen atoms in total. The van der Waals surface area contributed by atoms with Gasteiger partial charge in [-0.1, -0.05) is 58.4 Å². The first kappa shape index (κ1) is 21.4. The van der Waals surface area contributed by atoms with E-state index in [9.17, 15) is 4.79 Å². The Labute approximate surface area is 203 Å². The Balaban J connectivity index is 1.73. The summed E-state index contributed by atoms with van der Waals surface area (Å²) in [5.41, 5.74) is 11.4. The number of benzene rings is 3. The Kier molecular flexibility index (Phi) is 5.70. The van der Waals surface area contributed by atoms with Crippen LogP contribution in [0.25, 0.3) is 32.6 Å². The predicted molar refractivity (Wildman–Crippen MR) is 139 cm³/mol. The number of ketones is 1. The van der Waals surface area contributed by atoms with Crippen molar-refractivity contribution in [3.05, 3.63) is 99.8 Å². The summed E-state index contributed by atoms with van der Waals surface area (Å²) in [6.07, 6.45) is 0. The number of pyridine rings is 1. The van der Waals surface area contributed by atoms with Gasteiger partial charge in [-0.3, -0.25) is 4.79 Å². The molecule has 5 rings (SSSR count). The third-order valence-electron chi connectivity index (χ3n) is 5.48. The molecule has 0 aliphatic carbocycles. The lowest BCUT2D eigenvalue weighted by atomic mass is 9.98. The van der Waals surface area contributed by atoms with E-state index in [0.717, 1.165) is 42.8 Å². The first-order chi connectivity index (χ1) is 16.0. The minimum Gasteiger partial charge on any atom is -0.497 e. The van der Waals surface area contributed by atoms with Gasteiger partial charge in [-0.2, -0.15) is 0 Å².